The molecule has 6 nitrogen and oxygen atoms in total. The van der Waals surface area contributed by atoms with Crippen LogP contribution < -0.4 is 4.90 Å². The lowest BCUT2D eigenvalue weighted by atomic mass is 10.1. The number of aliphatic carboxylic acids is 1. The highest BCUT2D eigenvalue weighted by Gasteiger charge is 2.39. The molecule has 20 heavy (non-hydrogen) atoms. The molecule has 1 saturated heterocycles. The first-order chi connectivity index (χ1) is 9.40. The van der Waals surface area contributed by atoms with E-state index in [-0.39, 0.29) is 18.9 Å². The van der Waals surface area contributed by atoms with Crippen LogP contribution in [-0.2, 0) is 4.79 Å². The molecule has 0 bridgehead atoms. The number of rotatable bonds is 3. The molecule has 0 spiro atoms. The van der Waals surface area contributed by atoms with Crippen LogP contribution in [0.2, 0.25) is 0 Å². The van der Waals surface area contributed by atoms with Gasteiger partial charge in [-0.2, -0.15) is 0 Å². The van der Waals surface area contributed by atoms with Gasteiger partial charge in [-0.1, -0.05) is 0 Å². The monoisotopic (exact) mass is 278 g/mol. The number of carbonyl (C=O) groups excluding carboxylic acids is 1. The molecule has 1 heterocycles. The predicted molar refractivity (Wildman–Crippen MR) is 73.9 cm³/mol. The van der Waals surface area contributed by atoms with Crippen molar-refractivity contribution >= 4 is 17.6 Å². The van der Waals surface area contributed by atoms with Gasteiger partial charge in [-0.15, -0.1) is 0 Å². The Kier molecular flexibility index (Phi) is 3.94. The summed E-state index contributed by atoms with van der Waals surface area (Å²) in [5.41, 5.74) is 1.38. The molecule has 108 valence electrons. The molecule has 2 atom stereocenters. The summed E-state index contributed by atoms with van der Waals surface area (Å²) < 4.78 is 0. The second-order valence-corrected chi connectivity index (χ2v) is 5.14. The molecule has 1 aliphatic rings. The second-order valence-electron chi connectivity index (χ2n) is 5.14. The zero-order valence-corrected chi connectivity index (χ0v) is 11.5. The van der Waals surface area contributed by atoms with E-state index < -0.39 is 18.1 Å². The number of carboxylic acids is 1. The van der Waals surface area contributed by atoms with Crippen molar-refractivity contribution in [3.63, 3.8) is 0 Å². The highest BCUT2D eigenvalue weighted by molar-refractivity contribution is 5.97. The number of aliphatic hydroxyl groups excluding tert-OH is 1. The molecule has 1 unspecified atom stereocenters. The summed E-state index contributed by atoms with van der Waals surface area (Å²) in [6, 6.07) is 5.99. The van der Waals surface area contributed by atoms with Crippen LogP contribution in [0.15, 0.2) is 24.3 Å². The lowest BCUT2D eigenvalue weighted by molar-refractivity contribution is -0.141. The van der Waals surface area contributed by atoms with Gasteiger partial charge in [0.15, 0.2) is 0 Å². The number of carbonyl (C=O) groups is 2. The molecule has 1 amide bonds. The van der Waals surface area contributed by atoms with Crippen molar-refractivity contribution in [3.05, 3.63) is 29.8 Å². The molecule has 1 aromatic carbocycles. The molecule has 6 heteroatoms. The highest BCUT2D eigenvalue weighted by Crippen LogP contribution is 2.22. The van der Waals surface area contributed by atoms with Crippen LogP contribution in [0.25, 0.3) is 0 Å². The Morgan fingerprint density at radius 3 is 2.35 bits per heavy atom. The van der Waals surface area contributed by atoms with Gasteiger partial charge < -0.3 is 20.0 Å². The number of carboxylic acid groups (broad SMARTS) is 1. The number of β-amino-alcohol motifs (C(OH)–C–C–N with tert-alkyl or cyclic N) is 1. The van der Waals surface area contributed by atoms with Crippen LogP contribution in [0.3, 0.4) is 0 Å². The lowest BCUT2D eigenvalue weighted by Crippen LogP contribution is -2.40. The molecule has 1 fully saturated rings. The number of benzene rings is 1. The first-order valence-electron chi connectivity index (χ1n) is 6.39. The Balaban J connectivity index is 2.20. The van der Waals surface area contributed by atoms with Crippen molar-refractivity contribution < 1.29 is 19.8 Å². The van der Waals surface area contributed by atoms with Gasteiger partial charge in [0.2, 0.25) is 0 Å². The smallest absolute Gasteiger partial charge is 0.326 e. The molecule has 1 aromatic rings. The average Bonchev–Trinajstić information content (AvgIpc) is 2.80. The van der Waals surface area contributed by atoms with Crippen LogP contribution in [0.4, 0.5) is 5.69 Å². The number of amides is 1. The van der Waals surface area contributed by atoms with Gasteiger partial charge in [0.25, 0.3) is 5.91 Å². The van der Waals surface area contributed by atoms with Gasteiger partial charge in [-0.3, -0.25) is 4.79 Å². The summed E-state index contributed by atoms with van der Waals surface area (Å²) in [5, 5.41) is 18.7. The van der Waals surface area contributed by atoms with Crippen LogP contribution in [0, 0.1) is 0 Å². The van der Waals surface area contributed by atoms with E-state index in [1.54, 1.807) is 24.3 Å². The maximum absolute atomic E-state index is 12.3. The fourth-order valence-electron chi connectivity index (χ4n) is 2.34. The Morgan fingerprint density at radius 1 is 1.25 bits per heavy atom. The molecule has 1 aliphatic heterocycles. The van der Waals surface area contributed by atoms with Crippen LogP contribution in [0.1, 0.15) is 16.8 Å². The summed E-state index contributed by atoms with van der Waals surface area (Å²) in [6.45, 7) is 0.0607. The average molecular weight is 278 g/mol. The number of likely N-dealkylation sites (tertiary alicyclic amines) is 1. The molecular weight excluding hydrogens is 260 g/mol. The maximum atomic E-state index is 12.3. The standard InChI is InChI=1S/C14H18N2O4/c1-15(2)10-5-3-9(4-6-10)13(18)16-8-11(17)7-12(16)14(19)20/h3-6,11-12,17H,7-8H2,1-2H3,(H,19,20)/t11?,12-/m0/s1. The van der Waals surface area contributed by atoms with Gasteiger partial charge in [-0.05, 0) is 24.3 Å². The molecule has 0 aromatic heterocycles. The first kappa shape index (κ1) is 14.3. The third-order valence-corrected chi connectivity index (χ3v) is 3.46. The highest BCUT2D eigenvalue weighted by atomic mass is 16.4. The van der Waals surface area contributed by atoms with Gasteiger partial charge in [0, 0.05) is 38.3 Å². The van der Waals surface area contributed by atoms with E-state index in [2.05, 4.69) is 0 Å². The number of nitrogens with zero attached hydrogens (tertiary/aromatic N) is 2. The van der Waals surface area contributed by atoms with Crippen LogP contribution in [-0.4, -0.2) is 59.8 Å². The van der Waals surface area contributed by atoms with Crippen molar-refractivity contribution in [1.29, 1.82) is 0 Å². The van der Waals surface area contributed by atoms with E-state index in [0.29, 0.717) is 5.56 Å². The molecule has 2 N–H and O–H groups in total. The number of anilines is 1. The largest absolute Gasteiger partial charge is 0.480 e. The quantitative estimate of drug-likeness (QED) is 0.837. The Labute approximate surface area is 117 Å². The number of hydrogen-bond donors (Lipinski definition) is 2. The van der Waals surface area contributed by atoms with E-state index >= 15 is 0 Å². The fraction of sp³-hybridized carbons (Fsp3) is 0.429. The van der Waals surface area contributed by atoms with Gasteiger partial charge in [0.05, 0.1) is 6.10 Å². The Morgan fingerprint density at radius 2 is 1.85 bits per heavy atom. The summed E-state index contributed by atoms with van der Waals surface area (Å²) in [5.74, 6) is -1.45. The number of aliphatic hydroxyl groups is 1. The first-order valence-corrected chi connectivity index (χ1v) is 6.39. The van der Waals surface area contributed by atoms with Crippen molar-refractivity contribution in [2.45, 2.75) is 18.6 Å². The van der Waals surface area contributed by atoms with E-state index in [4.69, 9.17) is 5.11 Å². The molecule has 0 saturated carbocycles. The van der Waals surface area contributed by atoms with E-state index in [1.807, 2.05) is 19.0 Å². The fourth-order valence-corrected chi connectivity index (χ4v) is 2.34. The normalized spacial score (nSPS) is 21.9. The summed E-state index contributed by atoms with van der Waals surface area (Å²) >= 11 is 0. The molecule has 2 rings (SSSR count). The zero-order valence-electron chi connectivity index (χ0n) is 11.5. The van der Waals surface area contributed by atoms with Crippen molar-refractivity contribution in [2.24, 2.45) is 0 Å². The van der Waals surface area contributed by atoms with Gasteiger partial charge >= 0.3 is 5.97 Å². The summed E-state index contributed by atoms with van der Waals surface area (Å²) in [6.07, 6.45) is -0.697. The van der Waals surface area contributed by atoms with E-state index in [0.717, 1.165) is 5.69 Å². The van der Waals surface area contributed by atoms with E-state index in [9.17, 15) is 14.7 Å². The van der Waals surface area contributed by atoms with Crippen LogP contribution in [0.5, 0.6) is 0 Å². The van der Waals surface area contributed by atoms with Crippen molar-refractivity contribution in [1.82, 2.24) is 4.90 Å². The molecule has 0 radical (unpaired) electrons. The van der Waals surface area contributed by atoms with Gasteiger partial charge in [0.1, 0.15) is 6.04 Å². The third kappa shape index (κ3) is 2.75. The van der Waals surface area contributed by atoms with Gasteiger partial charge in [-0.25, -0.2) is 4.79 Å². The number of hydrogen-bond acceptors (Lipinski definition) is 4. The van der Waals surface area contributed by atoms with E-state index in [1.165, 1.54) is 4.90 Å². The molecule has 0 aliphatic carbocycles. The SMILES string of the molecule is CN(C)c1ccc(C(=O)N2CC(O)C[C@H]2C(=O)O)cc1. The topological polar surface area (TPSA) is 81.1 Å². The summed E-state index contributed by atoms with van der Waals surface area (Å²) in [7, 11) is 3.79. The minimum Gasteiger partial charge on any atom is -0.480 e. The zero-order chi connectivity index (χ0) is 14.9. The van der Waals surface area contributed by atoms with Crippen LogP contribution >= 0.6 is 0 Å². The Bertz CT molecular complexity index is 512. The minimum absolute atomic E-state index is 0.0607. The molecular formula is C14H18N2O4. The third-order valence-electron chi connectivity index (χ3n) is 3.46. The van der Waals surface area contributed by atoms with Crippen molar-refractivity contribution in [3.8, 4) is 0 Å². The lowest BCUT2D eigenvalue weighted by Gasteiger charge is -2.21. The van der Waals surface area contributed by atoms with Crippen molar-refractivity contribution in [2.75, 3.05) is 25.5 Å². The summed E-state index contributed by atoms with van der Waals surface area (Å²) in [4.78, 5) is 26.6. The minimum atomic E-state index is -1.08. The predicted octanol–water partition coefficient (Wildman–Crippen LogP) is 0.413. The Hall–Kier alpha value is -2.08. The second kappa shape index (κ2) is 5.50. The maximum Gasteiger partial charge on any atom is 0.326 e.